The third kappa shape index (κ3) is 3.75. The molecule has 16 heavy (non-hydrogen) atoms. The van der Waals surface area contributed by atoms with Gasteiger partial charge in [0.2, 0.25) is 0 Å². The van der Waals surface area contributed by atoms with Crippen molar-refractivity contribution in [3.63, 3.8) is 0 Å². The highest BCUT2D eigenvalue weighted by Gasteiger charge is 2.05. The molecule has 0 spiro atoms. The molecule has 3 N–H and O–H groups in total. The third-order valence-electron chi connectivity index (χ3n) is 2.06. The molecular formula is C10H14BrFN2OS. The maximum Gasteiger partial charge on any atom is 0.139 e. The summed E-state index contributed by atoms with van der Waals surface area (Å²) in [5.41, 5.74) is 6.64. The summed E-state index contributed by atoms with van der Waals surface area (Å²) >= 11 is 3.08. The summed E-state index contributed by atoms with van der Waals surface area (Å²) in [7, 11) is -0.806. The summed E-state index contributed by atoms with van der Waals surface area (Å²) in [5.74, 6) is 0.815. The van der Waals surface area contributed by atoms with Crippen LogP contribution in [-0.4, -0.2) is 22.3 Å². The van der Waals surface area contributed by atoms with Gasteiger partial charge in [0.05, 0.1) is 15.8 Å². The quantitative estimate of drug-likeness (QED) is 0.821. The van der Waals surface area contributed by atoms with Gasteiger partial charge in [0.25, 0.3) is 0 Å². The molecule has 1 rings (SSSR count). The molecule has 0 aliphatic carbocycles. The van der Waals surface area contributed by atoms with E-state index in [-0.39, 0.29) is 5.82 Å². The second-order valence-electron chi connectivity index (χ2n) is 3.21. The minimum absolute atomic E-state index is 0.350. The van der Waals surface area contributed by atoms with Crippen LogP contribution in [0.2, 0.25) is 0 Å². The molecule has 0 saturated carbocycles. The first kappa shape index (κ1) is 13.4. The van der Waals surface area contributed by atoms with Crippen molar-refractivity contribution in [1.29, 1.82) is 0 Å². The van der Waals surface area contributed by atoms with Crippen LogP contribution in [0.1, 0.15) is 6.92 Å². The van der Waals surface area contributed by atoms with Gasteiger partial charge in [-0.1, -0.05) is 6.92 Å². The molecular weight excluding hydrogens is 295 g/mol. The minimum atomic E-state index is -0.806. The highest BCUT2D eigenvalue weighted by molar-refractivity contribution is 9.10. The number of nitrogens with one attached hydrogen (secondary N) is 1. The van der Waals surface area contributed by atoms with Crippen LogP contribution in [0.3, 0.4) is 0 Å². The zero-order valence-corrected chi connectivity index (χ0v) is 11.3. The van der Waals surface area contributed by atoms with Crippen LogP contribution in [0.25, 0.3) is 0 Å². The van der Waals surface area contributed by atoms with Gasteiger partial charge in [-0.3, -0.25) is 4.21 Å². The number of nitrogen functional groups attached to an aromatic ring is 1. The molecule has 1 aromatic rings. The minimum Gasteiger partial charge on any atom is -0.397 e. The van der Waals surface area contributed by atoms with Crippen molar-refractivity contribution in [2.45, 2.75) is 6.92 Å². The molecule has 0 radical (unpaired) electrons. The van der Waals surface area contributed by atoms with E-state index in [9.17, 15) is 8.60 Å². The average Bonchev–Trinajstić information content (AvgIpc) is 2.25. The van der Waals surface area contributed by atoms with E-state index in [4.69, 9.17) is 5.73 Å². The summed E-state index contributed by atoms with van der Waals surface area (Å²) in [6, 6.07) is 2.84. The first-order valence-electron chi connectivity index (χ1n) is 4.88. The Balaban J connectivity index is 2.60. The number of halogens is 2. The van der Waals surface area contributed by atoms with Crippen LogP contribution in [0.5, 0.6) is 0 Å². The SMILES string of the molecule is CCS(=O)CCNc1cc(Br)c(F)cc1N. The van der Waals surface area contributed by atoms with Gasteiger partial charge < -0.3 is 11.1 Å². The van der Waals surface area contributed by atoms with Crippen LogP contribution in [0.15, 0.2) is 16.6 Å². The molecule has 0 heterocycles. The molecule has 0 bridgehead atoms. The number of nitrogens with two attached hydrogens (primary N) is 1. The van der Waals surface area contributed by atoms with E-state index in [1.807, 2.05) is 6.92 Å². The van der Waals surface area contributed by atoms with Gasteiger partial charge in [-0.15, -0.1) is 0 Å². The van der Waals surface area contributed by atoms with Crippen molar-refractivity contribution < 1.29 is 8.60 Å². The molecule has 90 valence electrons. The summed E-state index contributed by atoms with van der Waals surface area (Å²) < 4.78 is 24.6. The summed E-state index contributed by atoms with van der Waals surface area (Å²) in [6.07, 6.45) is 0. The smallest absolute Gasteiger partial charge is 0.139 e. The summed E-state index contributed by atoms with van der Waals surface area (Å²) in [6.45, 7) is 2.43. The molecule has 6 heteroatoms. The lowest BCUT2D eigenvalue weighted by atomic mass is 10.2. The fourth-order valence-corrected chi connectivity index (χ4v) is 2.12. The molecule has 1 aromatic carbocycles. The van der Waals surface area contributed by atoms with E-state index < -0.39 is 10.8 Å². The Kier molecular flexibility index (Phi) is 5.21. The van der Waals surface area contributed by atoms with E-state index in [2.05, 4.69) is 21.2 Å². The highest BCUT2D eigenvalue weighted by Crippen LogP contribution is 2.26. The molecule has 0 saturated heterocycles. The van der Waals surface area contributed by atoms with Crippen molar-refractivity contribution in [2.75, 3.05) is 29.1 Å². The highest BCUT2D eigenvalue weighted by atomic mass is 79.9. The Bertz CT molecular complexity index is 401. The standard InChI is InChI=1S/C10H14BrFN2OS/c1-2-16(15)4-3-14-10-5-7(11)8(12)6-9(10)13/h5-6,14H,2-4,13H2,1H3. The molecule has 0 fully saturated rings. The van der Waals surface area contributed by atoms with Gasteiger partial charge in [0, 0.05) is 34.9 Å². The maximum absolute atomic E-state index is 13.1. The van der Waals surface area contributed by atoms with Gasteiger partial charge in [0.15, 0.2) is 0 Å². The Morgan fingerprint density at radius 2 is 2.25 bits per heavy atom. The lowest BCUT2D eigenvalue weighted by Gasteiger charge is -2.09. The first-order chi connectivity index (χ1) is 7.54. The second kappa shape index (κ2) is 6.20. The summed E-state index contributed by atoms with van der Waals surface area (Å²) in [5, 5.41) is 3.03. The average molecular weight is 309 g/mol. The van der Waals surface area contributed by atoms with E-state index in [1.54, 1.807) is 6.07 Å². The van der Waals surface area contributed by atoms with Gasteiger partial charge in [-0.2, -0.15) is 0 Å². The van der Waals surface area contributed by atoms with Crippen LogP contribution in [0, 0.1) is 5.82 Å². The van der Waals surface area contributed by atoms with Crippen LogP contribution in [-0.2, 0) is 10.8 Å². The van der Waals surface area contributed by atoms with Gasteiger partial charge in [-0.25, -0.2) is 4.39 Å². The molecule has 0 aliphatic rings. The Morgan fingerprint density at radius 3 is 2.88 bits per heavy atom. The number of rotatable bonds is 5. The Hall–Kier alpha value is -0.620. The largest absolute Gasteiger partial charge is 0.397 e. The van der Waals surface area contributed by atoms with E-state index in [1.165, 1.54) is 6.07 Å². The fourth-order valence-electron chi connectivity index (χ4n) is 1.16. The molecule has 0 aromatic heterocycles. The normalized spacial score (nSPS) is 12.4. The predicted octanol–water partition coefficient (Wildman–Crippen LogP) is 2.35. The van der Waals surface area contributed by atoms with E-state index in [0.29, 0.717) is 33.9 Å². The number of benzene rings is 1. The van der Waals surface area contributed by atoms with Gasteiger partial charge in [0.1, 0.15) is 5.82 Å². The predicted molar refractivity (Wildman–Crippen MR) is 70.6 cm³/mol. The van der Waals surface area contributed by atoms with Crippen LogP contribution < -0.4 is 11.1 Å². The number of anilines is 2. The Labute approximate surface area is 105 Å². The number of hydrogen-bond acceptors (Lipinski definition) is 3. The van der Waals surface area contributed by atoms with E-state index >= 15 is 0 Å². The lowest BCUT2D eigenvalue weighted by molar-refractivity contribution is 0.622. The van der Waals surface area contributed by atoms with Gasteiger partial charge >= 0.3 is 0 Å². The monoisotopic (exact) mass is 308 g/mol. The first-order valence-corrected chi connectivity index (χ1v) is 7.16. The van der Waals surface area contributed by atoms with Crippen molar-refractivity contribution in [2.24, 2.45) is 0 Å². The molecule has 0 amide bonds. The van der Waals surface area contributed by atoms with E-state index in [0.717, 1.165) is 0 Å². The van der Waals surface area contributed by atoms with Crippen molar-refractivity contribution in [3.8, 4) is 0 Å². The zero-order chi connectivity index (χ0) is 12.1. The molecule has 1 atom stereocenters. The van der Waals surface area contributed by atoms with Crippen LogP contribution >= 0.6 is 15.9 Å². The van der Waals surface area contributed by atoms with Crippen molar-refractivity contribution in [3.05, 3.63) is 22.4 Å². The second-order valence-corrected chi connectivity index (χ2v) is 5.93. The third-order valence-corrected chi connectivity index (χ3v) is 3.97. The number of hydrogen-bond donors (Lipinski definition) is 2. The van der Waals surface area contributed by atoms with Crippen molar-refractivity contribution in [1.82, 2.24) is 0 Å². The topological polar surface area (TPSA) is 55.1 Å². The zero-order valence-electron chi connectivity index (χ0n) is 8.93. The summed E-state index contributed by atoms with van der Waals surface area (Å²) in [4.78, 5) is 0. The fraction of sp³-hybridized carbons (Fsp3) is 0.400. The van der Waals surface area contributed by atoms with Crippen molar-refractivity contribution >= 4 is 38.1 Å². The molecule has 3 nitrogen and oxygen atoms in total. The molecule has 1 unspecified atom stereocenters. The maximum atomic E-state index is 13.1. The van der Waals surface area contributed by atoms with Crippen LogP contribution in [0.4, 0.5) is 15.8 Å². The molecule has 0 aliphatic heterocycles. The Morgan fingerprint density at radius 1 is 1.56 bits per heavy atom. The lowest BCUT2D eigenvalue weighted by Crippen LogP contribution is -2.13. The van der Waals surface area contributed by atoms with Gasteiger partial charge in [-0.05, 0) is 22.0 Å².